The van der Waals surface area contributed by atoms with Crippen molar-refractivity contribution >= 4 is 11.8 Å². The molecule has 1 N–H and O–H groups in total. The maximum Gasteiger partial charge on any atom is 0.00807 e. The van der Waals surface area contributed by atoms with Gasteiger partial charge >= 0.3 is 0 Å². The molecule has 2 fully saturated rings. The van der Waals surface area contributed by atoms with Gasteiger partial charge in [0.2, 0.25) is 0 Å². The number of nitrogens with one attached hydrogen (secondary N) is 1. The van der Waals surface area contributed by atoms with E-state index in [1.807, 2.05) is 0 Å². The van der Waals surface area contributed by atoms with E-state index in [0.29, 0.717) is 0 Å². The van der Waals surface area contributed by atoms with E-state index in [-0.39, 0.29) is 0 Å². The summed E-state index contributed by atoms with van der Waals surface area (Å²) in [6.07, 6.45) is 7.94. The zero-order valence-corrected chi connectivity index (χ0v) is 7.29. The lowest BCUT2D eigenvalue weighted by molar-refractivity contribution is 0.415. The molecule has 0 aromatic rings. The van der Waals surface area contributed by atoms with Crippen molar-refractivity contribution in [3.8, 4) is 0 Å². The van der Waals surface area contributed by atoms with Crippen molar-refractivity contribution < 1.29 is 0 Å². The highest BCUT2D eigenvalue weighted by Crippen LogP contribution is 2.32. The summed E-state index contributed by atoms with van der Waals surface area (Å²) in [5.41, 5.74) is 0. The number of thioether (sulfide) groups is 1. The van der Waals surface area contributed by atoms with Gasteiger partial charge in [-0.05, 0) is 31.9 Å². The molecule has 2 heteroatoms. The molecule has 10 heavy (non-hydrogen) atoms. The van der Waals surface area contributed by atoms with E-state index >= 15 is 0 Å². The number of rotatable bonds is 1. The van der Waals surface area contributed by atoms with E-state index in [4.69, 9.17) is 0 Å². The second-order valence-electron chi connectivity index (χ2n) is 3.47. The number of piperidine rings is 1. The first kappa shape index (κ1) is 6.99. The van der Waals surface area contributed by atoms with Gasteiger partial charge in [0.1, 0.15) is 0 Å². The van der Waals surface area contributed by atoms with Gasteiger partial charge in [-0.2, -0.15) is 11.8 Å². The molecule has 1 nitrogen and oxygen atoms in total. The number of fused-ring (bicyclic) bond motifs is 2. The Labute approximate surface area is 67.0 Å². The zero-order chi connectivity index (χ0) is 6.97. The average Bonchev–Trinajstić information content (AvgIpc) is 2.30. The van der Waals surface area contributed by atoms with E-state index in [0.717, 1.165) is 17.3 Å². The number of hydrogen-bond donors (Lipinski definition) is 1. The minimum Gasteiger partial charge on any atom is -0.311 e. The van der Waals surface area contributed by atoms with Crippen LogP contribution in [-0.4, -0.2) is 23.6 Å². The van der Waals surface area contributed by atoms with Crippen molar-refractivity contribution in [2.75, 3.05) is 6.26 Å². The summed E-state index contributed by atoms with van der Waals surface area (Å²) in [7, 11) is 0. The van der Waals surface area contributed by atoms with Crippen LogP contribution >= 0.6 is 11.8 Å². The Morgan fingerprint density at radius 3 is 2.30 bits per heavy atom. The van der Waals surface area contributed by atoms with Gasteiger partial charge in [0.05, 0.1) is 0 Å². The van der Waals surface area contributed by atoms with Crippen LogP contribution in [0.25, 0.3) is 0 Å². The molecule has 2 aliphatic rings. The Bertz CT molecular complexity index is 114. The van der Waals surface area contributed by atoms with E-state index in [9.17, 15) is 0 Å². The first-order valence-electron chi connectivity index (χ1n) is 4.17. The van der Waals surface area contributed by atoms with Crippen LogP contribution in [0.2, 0.25) is 0 Å². The zero-order valence-electron chi connectivity index (χ0n) is 6.47. The van der Waals surface area contributed by atoms with Gasteiger partial charge in [-0.3, -0.25) is 0 Å². The van der Waals surface area contributed by atoms with Gasteiger partial charge < -0.3 is 5.32 Å². The third-order valence-corrected chi connectivity index (χ3v) is 3.81. The molecular formula is C8H15NS. The van der Waals surface area contributed by atoms with Crippen LogP contribution in [0, 0.1) is 0 Å². The van der Waals surface area contributed by atoms with Gasteiger partial charge in [-0.15, -0.1) is 0 Å². The monoisotopic (exact) mass is 157 g/mol. The first-order chi connectivity index (χ1) is 4.88. The average molecular weight is 157 g/mol. The van der Waals surface area contributed by atoms with Crippen molar-refractivity contribution in [3.05, 3.63) is 0 Å². The molecule has 58 valence electrons. The highest BCUT2D eigenvalue weighted by molar-refractivity contribution is 7.99. The summed E-state index contributed by atoms with van der Waals surface area (Å²) in [6, 6.07) is 1.74. The fourth-order valence-corrected chi connectivity index (χ4v) is 3.05. The van der Waals surface area contributed by atoms with Crippen molar-refractivity contribution in [1.29, 1.82) is 0 Å². The fraction of sp³-hybridized carbons (Fsp3) is 1.00. The van der Waals surface area contributed by atoms with Crippen LogP contribution in [0.1, 0.15) is 25.7 Å². The largest absolute Gasteiger partial charge is 0.311 e. The van der Waals surface area contributed by atoms with Crippen molar-refractivity contribution in [2.45, 2.75) is 43.0 Å². The molecule has 0 saturated carbocycles. The maximum absolute atomic E-state index is 3.64. The summed E-state index contributed by atoms with van der Waals surface area (Å²) in [4.78, 5) is 0. The summed E-state index contributed by atoms with van der Waals surface area (Å²) in [5, 5.41) is 4.60. The Kier molecular flexibility index (Phi) is 1.92. The lowest BCUT2D eigenvalue weighted by atomic mass is 10.1. The lowest BCUT2D eigenvalue weighted by Gasteiger charge is -2.27. The predicted octanol–water partition coefficient (Wildman–Crippen LogP) is 1.63. The van der Waals surface area contributed by atoms with Crippen LogP contribution in [0.3, 0.4) is 0 Å². The van der Waals surface area contributed by atoms with E-state index < -0.39 is 0 Å². The molecular weight excluding hydrogens is 142 g/mol. The Morgan fingerprint density at radius 2 is 1.80 bits per heavy atom. The SMILES string of the molecule is CSC1C[C@H]2CC[C@H](C1)N2. The minimum absolute atomic E-state index is 0.871. The van der Waals surface area contributed by atoms with Gasteiger partial charge in [0.15, 0.2) is 0 Å². The standard InChI is InChI=1S/C8H15NS/c1-10-8-4-6-2-3-7(5-8)9-6/h6-9H,2-5H2,1H3/t6-,7-/m1/s1. The smallest absolute Gasteiger partial charge is 0.00807 e. The second kappa shape index (κ2) is 2.74. The molecule has 2 atom stereocenters. The molecule has 2 bridgehead atoms. The lowest BCUT2D eigenvalue weighted by Crippen LogP contribution is -2.39. The Morgan fingerprint density at radius 1 is 1.20 bits per heavy atom. The summed E-state index contributed by atoms with van der Waals surface area (Å²) < 4.78 is 0. The van der Waals surface area contributed by atoms with Crippen molar-refractivity contribution in [3.63, 3.8) is 0 Å². The van der Waals surface area contributed by atoms with E-state index in [1.165, 1.54) is 25.7 Å². The van der Waals surface area contributed by atoms with E-state index in [1.54, 1.807) is 0 Å². The summed E-state index contributed by atoms with van der Waals surface area (Å²) in [5.74, 6) is 0. The summed E-state index contributed by atoms with van der Waals surface area (Å²) in [6.45, 7) is 0. The molecule has 0 aromatic heterocycles. The van der Waals surface area contributed by atoms with Gasteiger partial charge in [0, 0.05) is 17.3 Å². The highest BCUT2D eigenvalue weighted by Gasteiger charge is 2.32. The third kappa shape index (κ3) is 1.19. The summed E-state index contributed by atoms with van der Waals surface area (Å²) >= 11 is 2.05. The predicted molar refractivity (Wildman–Crippen MR) is 46.5 cm³/mol. The first-order valence-corrected chi connectivity index (χ1v) is 5.46. The fourth-order valence-electron chi connectivity index (χ4n) is 2.20. The molecule has 0 aliphatic carbocycles. The molecule has 2 heterocycles. The Balaban J connectivity index is 1.96. The van der Waals surface area contributed by atoms with Crippen LogP contribution in [0.15, 0.2) is 0 Å². The van der Waals surface area contributed by atoms with Gasteiger partial charge in [-0.1, -0.05) is 0 Å². The van der Waals surface area contributed by atoms with Crippen LogP contribution < -0.4 is 5.32 Å². The van der Waals surface area contributed by atoms with Gasteiger partial charge in [0.25, 0.3) is 0 Å². The Hall–Kier alpha value is 0.310. The van der Waals surface area contributed by atoms with E-state index in [2.05, 4.69) is 23.3 Å². The topological polar surface area (TPSA) is 12.0 Å². The molecule has 0 unspecified atom stereocenters. The molecule has 2 saturated heterocycles. The second-order valence-corrected chi connectivity index (χ2v) is 4.61. The minimum atomic E-state index is 0.871. The quantitative estimate of drug-likeness (QED) is 0.621. The molecule has 0 amide bonds. The van der Waals surface area contributed by atoms with Crippen LogP contribution in [-0.2, 0) is 0 Å². The molecule has 0 radical (unpaired) electrons. The van der Waals surface area contributed by atoms with Crippen LogP contribution in [0.4, 0.5) is 0 Å². The molecule has 2 rings (SSSR count). The molecule has 0 spiro atoms. The van der Waals surface area contributed by atoms with Crippen molar-refractivity contribution in [2.24, 2.45) is 0 Å². The maximum atomic E-state index is 3.64. The van der Waals surface area contributed by atoms with Crippen molar-refractivity contribution in [1.82, 2.24) is 5.32 Å². The highest BCUT2D eigenvalue weighted by atomic mass is 32.2. The number of hydrogen-bond acceptors (Lipinski definition) is 2. The third-order valence-electron chi connectivity index (χ3n) is 2.76. The normalized spacial score (nSPS) is 45.9. The molecule has 2 aliphatic heterocycles. The molecule has 0 aromatic carbocycles. The van der Waals surface area contributed by atoms with Crippen LogP contribution in [0.5, 0.6) is 0 Å². The van der Waals surface area contributed by atoms with Gasteiger partial charge in [-0.25, -0.2) is 0 Å².